The molecule has 174 valence electrons. The number of hydrogen-bond donors (Lipinski definition) is 1. The summed E-state index contributed by atoms with van der Waals surface area (Å²) in [6.45, 7) is 6.02. The summed E-state index contributed by atoms with van der Waals surface area (Å²) in [5.41, 5.74) is -4.78. The van der Waals surface area contributed by atoms with Gasteiger partial charge in [0.05, 0.1) is 6.10 Å². The van der Waals surface area contributed by atoms with Crippen molar-refractivity contribution in [3.8, 4) is 0 Å². The standard InChI is InChI=1S/C24H28F2O6/c1-11-7-13-14-8-15(25)19-20(26)16(28)5-6-21(19,3)24(14)18(32-24)9-22(13,4)23(11,30)17(29)10-31-12(2)27/h5-6,11,13-15,18,30H,7-10H2,1-4H3/t11-,13+,14+,15+,18?,21+,22+,23+,24?/m1/s1. The minimum absolute atomic E-state index is 0.0306. The monoisotopic (exact) mass is 450 g/mol. The van der Waals surface area contributed by atoms with Crippen LogP contribution in [0.1, 0.15) is 47.0 Å². The summed E-state index contributed by atoms with van der Waals surface area (Å²) >= 11 is 0. The molecule has 4 aliphatic carbocycles. The van der Waals surface area contributed by atoms with E-state index in [-0.39, 0.29) is 23.8 Å². The summed E-state index contributed by atoms with van der Waals surface area (Å²) in [4.78, 5) is 36.3. The normalized spacial score (nSPS) is 50.8. The van der Waals surface area contributed by atoms with Gasteiger partial charge in [0.25, 0.3) is 0 Å². The number of rotatable bonds is 3. The summed E-state index contributed by atoms with van der Waals surface area (Å²) in [5.74, 6) is -4.08. The second kappa shape index (κ2) is 6.35. The molecule has 5 rings (SSSR count). The molecule has 9 atom stereocenters. The Hall–Kier alpha value is -1.93. The molecule has 4 fully saturated rings. The number of ether oxygens (including phenoxy) is 2. The third-order valence-corrected chi connectivity index (χ3v) is 9.41. The van der Waals surface area contributed by atoms with E-state index in [1.807, 2.05) is 6.92 Å². The van der Waals surface area contributed by atoms with Crippen LogP contribution < -0.4 is 0 Å². The Morgan fingerprint density at radius 3 is 2.62 bits per heavy atom. The Bertz CT molecular complexity index is 1000. The topological polar surface area (TPSA) is 93.2 Å². The maximum atomic E-state index is 15.5. The Kier molecular flexibility index (Phi) is 4.34. The molecule has 1 aliphatic heterocycles. The van der Waals surface area contributed by atoms with E-state index in [1.165, 1.54) is 6.92 Å². The number of carbonyl (C=O) groups excluding carboxylic acids is 3. The predicted molar refractivity (Wildman–Crippen MR) is 108 cm³/mol. The fraction of sp³-hybridized carbons (Fsp3) is 0.708. The van der Waals surface area contributed by atoms with Gasteiger partial charge in [-0.05, 0) is 50.0 Å². The van der Waals surface area contributed by atoms with Gasteiger partial charge in [-0.3, -0.25) is 14.4 Å². The first kappa shape index (κ1) is 21.9. The van der Waals surface area contributed by atoms with Gasteiger partial charge in [-0.2, -0.15) is 0 Å². The highest BCUT2D eigenvalue weighted by Gasteiger charge is 2.83. The number of carbonyl (C=O) groups is 3. The minimum Gasteiger partial charge on any atom is -0.458 e. The van der Waals surface area contributed by atoms with Crippen molar-refractivity contribution in [3.05, 3.63) is 23.6 Å². The fourth-order valence-electron chi connectivity index (χ4n) is 7.94. The molecule has 0 aromatic heterocycles. The maximum Gasteiger partial charge on any atom is 0.303 e. The summed E-state index contributed by atoms with van der Waals surface area (Å²) in [7, 11) is 0. The highest BCUT2D eigenvalue weighted by molar-refractivity contribution is 6.04. The van der Waals surface area contributed by atoms with Gasteiger partial charge < -0.3 is 14.6 Å². The average molecular weight is 450 g/mol. The Balaban J connectivity index is 1.56. The molecule has 6 nitrogen and oxygen atoms in total. The molecule has 1 spiro atoms. The molecule has 0 amide bonds. The van der Waals surface area contributed by atoms with E-state index in [0.717, 1.165) is 6.08 Å². The van der Waals surface area contributed by atoms with Gasteiger partial charge in [0, 0.05) is 23.3 Å². The molecule has 8 heteroatoms. The summed E-state index contributed by atoms with van der Waals surface area (Å²) in [6, 6.07) is 0. The van der Waals surface area contributed by atoms with Crippen molar-refractivity contribution < 1.29 is 37.7 Å². The molecule has 0 bridgehead atoms. The van der Waals surface area contributed by atoms with Crippen LogP contribution in [0.15, 0.2) is 23.6 Å². The van der Waals surface area contributed by atoms with Crippen LogP contribution in [0.3, 0.4) is 0 Å². The molecule has 5 aliphatic rings. The highest BCUT2D eigenvalue weighted by Crippen LogP contribution is 2.76. The quantitative estimate of drug-likeness (QED) is 0.525. The highest BCUT2D eigenvalue weighted by atomic mass is 19.1. The van der Waals surface area contributed by atoms with E-state index in [2.05, 4.69) is 0 Å². The number of alkyl halides is 1. The predicted octanol–water partition coefficient (Wildman–Crippen LogP) is 2.78. The molecular weight excluding hydrogens is 422 g/mol. The van der Waals surface area contributed by atoms with E-state index in [1.54, 1.807) is 19.9 Å². The molecule has 1 N–H and O–H groups in total. The smallest absolute Gasteiger partial charge is 0.303 e. The third-order valence-electron chi connectivity index (χ3n) is 9.41. The Morgan fingerprint density at radius 1 is 1.28 bits per heavy atom. The van der Waals surface area contributed by atoms with Crippen LogP contribution in [0.5, 0.6) is 0 Å². The van der Waals surface area contributed by atoms with Crippen molar-refractivity contribution in [2.75, 3.05) is 6.61 Å². The van der Waals surface area contributed by atoms with Gasteiger partial charge >= 0.3 is 5.97 Å². The van der Waals surface area contributed by atoms with Crippen molar-refractivity contribution in [1.29, 1.82) is 0 Å². The zero-order valence-corrected chi connectivity index (χ0v) is 18.6. The van der Waals surface area contributed by atoms with Crippen LogP contribution in [0.2, 0.25) is 0 Å². The molecule has 1 saturated heterocycles. The van der Waals surface area contributed by atoms with E-state index < -0.39 is 70.2 Å². The number of aliphatic hydroxyl groups is 1. The molecule has 0 aromatic carbocycles. The van der Waals surface area contributed by atoms with Crippen LogP contribution in [0.4, 0.5) is 8.78 Å². The SMILES string of the molecule is CC(=O)OCC(=O)[C@@]1(O)[C@H](C)C[C@H]2[C@@H]3C[C@H](F)C4=C(F)C(=O)C=C[C@]4(C)C34OC4C[C@@]21C. The average Bonchev–Trinajstić information content (AvgIpc) is 3.40. The van der Waals surface area contributed by atoms with Crippen molar-refractivity contribution in [2.45, 2.75) is 70.4 Å². The van der Waals surface area contributed by atoms with Crippen molar-refractivity contribution in [2.24, 2.45) is 28.6 Å². The number of fused-ring (bicyclic) bond motifs is 3. The number of Topliss-reactive ketones (excluding diaryl/α,β-unsaturated/α-hetero) is 1. The molecule has 0 radical (unpaired) electrons. The van der Waals surface area contributed by atoms with Crippen molar-refractivity contribution >= 4 is 17.5 Å². The van der Waals surface area contributed by atoms with Crippen LogP contribution in [-0.4, -0.2) is 52.7 Å². The maximum absolute atomic E-state index is 15.5. The number of hydrogen-bond acceptors (Lipinski definition) is 6. The lowest BCUT2D eigenvalue weighted by Crippen LogP contribution is -2.63. The second-order valence-electron chi connectivity index (χ2n) is 10.7. The lowest BCUT2D eigenvalue weighted by Gasteiger charge is -2.56. The van der Waals surface area contributed by atoms with E-state index in [0.29, 0.717) is 12.8 Å². The van der Waals surface area contributed by atoms with Gasteiger partial charge in [0.2, 0.25) is 11.6 Å². The van der Waals surface area contributed by atoms with Crippen LogP contribution in [0.25, 0.3) is 0 Å². The number of halogens is 2. The lowest BCUT2D eigenvalue weighted by atomic mass is 9.46. The largest absolute Gasteiger partial charge is 0.458 e. The molecular formula is C24H28F2O6. The molecule has 1 heterocycles. The van der Waals surface area contributed by atoms with Crippen molar-refractivity contribution in [1.82, 2.24) is 0 Å². The van der Waals surface area contributed by atoms with Gasteiger partial charge in [-0.1, -0.05) is 19.9 Å². The van der Waals surface area contributed by atoms with Crippen LogP contribution in [0, 0.1) is 28.6 Å². The van der Waals surface area contributed by atoms with Gasteiger partial charge in [-0.15, -0.1) is 0 Å². The zero-order chi connectivity index (χ0) is 23.4. The van der Waals surface area contributed by atoms with Crippen LogP contribution in [-0.2, 0) is 23.9 Å². The molecule has 3 saturated carbocycles. The first-order valence-electron chi connectivity index (χ1n) is 11.2. The lowest BCUT2D eigenvalue weighted by molar-refractivity contribution is -0.171. The third kappa shape index (κ3) is 2.28. The van der Waals surface area contributed by atoms with E-state index >= 15 is 4.39 Å². The zero-order valence-electron chi connectivity index (χ0n) is 18.6. The first-order chi connectivity index (χ1) is 14.8. The summed E-state index contributed by atoms with van der Waals surface area (Å²) in [6.07, 6.45) is 1.44. The van der Waals surface area contributed by atoms with Gasteiger partial charge in [0.15, 0.2) is 12.4 Å². The Labute approximate surface area is 185 Å². The molecule has 32 heavy (non-hydrogen) atoms. The second-order valence-corrected chi connectivity index (χ2v) is 10.7. The molecule has 2 unspecified atom stereocenters. The first-order valence-corrected chi connectivity index (χ1v) is 11.2. The summed E-state index contributed by atoms with van der Waals surface area (Å²) in [5, 5.41) is 11.7. The van der Waals surface area contributed by atoms with Crippen molar-refractivity contribution in [3.63, 3.8) is 0 Å². The van der Waals surface area contributed by atoms with Gasteiger partial charge in [-0.25, -0.2) is 8.78 Å². The minimum atomic E-state index is -1.75. The van der Waals surface area contributed by atoms with E-state index in [4.69, 9.17) is 9.47 Å². The number of epoxide rings is 1. The fourth-order valence-corrected chi connectivity index (χ4v) is 7.94. The van der Waals surface area contributed by atoms with Gasteiger partial charge in [0.1, 0.15) is 17.4 Å². The van der Waals surface area contributed by atoms with E-state index in [9.17, 15) is 23.9 Å². The van der Waals surface area contributed by atoms with Crippen LogP contribution >= 0.6 is 0 Å². The number of esters is 1. The summed E-state index contributed by atoms with van der Waals surface area (Å²) < 4.78 is 41.4. The number of allylic oxidation sites excluding steroid dienone is 2. The number of ketones is 2. The Morgan fingerprint density at radius 2 is 1.97 bits per heavy atom. The molecule has 0 aromatic rings.